The Labute approximate surface area is 440 Å². The highest BCUT2D eigenvalue weighted by Crippen LogP contribution is 2.28. The Morgan fingerprint density at radius 3 is 1.77 bits per heavy atom. The zero-order valence-corrected chi connectivity index (χ0v) is 43.4. The highest BCUT2D eigenvalue weighted by Gasteiger charge is 2.22. The molecule has 2 aliphatic heterocycles. The minimum Gasteiger partial charge on any atom is -0.478 e. The van der Waals surface area contributed by atoms with Crippen molar-refractivity contribution in [2.75, 3.05) is 36.2 Å². The largest absolute Gasteiger partial charge is 0.478 e. The minimum absolute atomic E-state index is 0.100. The molecule has 5 N–H and O–H groups in total. The number of anilines is 2. The molecule has 0 aliphatic carbocycles. The number of carbonyl (C=O) groups excluding carboxylic acids is 6. The van der Waals surface area contributed by atoms with Gasteiger partial charge in [-0.3, -0.25) is 29.1 Å². The Kier molecular flexibility index (Phi) is 20.5. The van der Waals surface area contributed by atoms with Crippen LogP contribution in [-0.4, -0.2) is 95.7 Å². The number of H-pyrrole nitrogens is 1. The molecule has 0 saturated heterocycles. The van der Waals surface area contributed by atoms with Crippen LogP contribution in [0.15, 0.2) is 122 Å². The van der Waals surface area contributed by atoms with Gasteiger partial charge in [0.05, 0.1) is 59.9 Å². The average Bonchev–Trinajstić information content (AvgIpc) is 4.14. The van der Waals surface area contributed by atoms with Gasteiger partial charge in [-0.05, 0) is 119 Å². The van der Waals surface area contributed by atoms with Crippen molar-refractivity contribution in [3.8, 4) is 0 Å². The van der Waals surface area contributed by atoms with E-state index in [0.29, 0.717) is 78.5 Å². The number of fused-ring (bicyclic) bond motifs is 7. The van der Waals surface area contributed by atoms with Gasteiger partial charge in [-0.25, -0.2) is 14.4 Å². The zero-order valence-electron chi connectivity index (χ0n) is 41.8. The normalized spacial score (nSPS) is 12.2. The number of aromatic carboxylic acids is 1. The van der Waals surface area contributed by atoms with Crippen LogP contribution in [0.3, 0.4) is 0 Å². The van der Waals surface area contributed by atoms with E-state index in [0.717, 1.165) is 70.6 Å². The van der Waals surface area contributed by atoms with Gasteiger partial charge in [-0.15, -0.1) is 0 Å². The molecular formula is C56H58BrN7O11. The van der Waals surface area contributed by atoms with Crippen molar-refractivity contribution in [2.24, 2.45) is 0 Å². The lowest BCUT2D eigenvalue weighted by molar-refractivity contribution is -0.143. The number of aromatic amines is 1. The molecule has 390 valence electrons. The van der Waals surface area contributed by atoms with Crippen molar-refractivity contribution < 1.29 is 52.9 Å². The number of halogens is 1. The number of benzene rings is 3. The number of Topliss-reactive ketones (excluding diaryl/α,β-unsaturated/α-hetero) is 2. The van der Waals surface area contributed by atoms with Crippen molar-refractivity contribution in [1.82, 2.24) is 24.1 Å². The lowest BCUT2D eigenvalue weighted by Crippen LogP contribution is -2.16. The lowest BCUT2D eigenvalue weighted by Gasteiger charge is -2.15. The topological polar surface area (TPSA) is 257 Å². The van der Waals surface area contributed by atoms with Gasteiger partial charge in [0, 0.05) is 94.5 Å². The highest BCUT2D eigenvalue weighted by atomic mass is 79.9. The number of nitrogens with two attached hydrogens (primary N) is 1. The van der Waals surface area contributed by atoms with Crippen molar-refractivity contribution in [1.29, 1.82) is 0 Å². The number of carboxylic acid groups (broad SMARTS) is 1. The summed E-state index contributed by atoms with van der Waals surface area (Å²) in [5.74, 6) is -1.69. The number of pyridine rings is 2. The van der Waals surface area contributed by atoms with Crippen molar-refractivity contribution >= 4 is 101 Å². The molecular weight excluding hydrogens is 1030 g/mol. The van der Waals surface area contributed by atoms with E-state index in [9.17, 15) is 33.6 Å². The number of carboxylic acids is 1. The van der Waals surface area contributed by atoms with Crippen molar-refractivity contribution in [3.63, 3.8) is 0 Å². The molecule has 10 rings (SSSR count). The summed E-state index contributed by atoms with van der Waals surface area (Å²) in [6.07, 6.45) is 10.8. The first-order valence-electron chi connectivity index (χ1n) is 24.4. The maximum Gasteiger partial charge on any atom is 0.354 e. The molecule has 8 aromatic rings. The summed E-state index contributed by atoms with van der Waals surface area (Å²) < 4.78 is 18.5. The predicted octanol–water partition coefficient (Wildman–Crippen LogP) is 10.5. The van der Waals surface area contributed by atoms with Crippen LogP contribution < -0.4 is 11.1 Å². The summed E-state index contributed by atoms with van der Waals surface area (Å²) in [6.45, 7) is 8.06. The van der Waals surface area contributed by atoms with Crippen LogP contribution in [0.25, 0.3) is 32.7 Å². The highest BCUT2D eigenvalue weighted by molar-refractivity contribution is 9.09. The van der Waals surface area contributed by atoms with Crippen LogP contribution in [0.5, 0.6) is 0 Å². The maximum atomic E-state index is 12.4. The number of hydrogen-bond acceptors (Lipinski definition) is 13. The Morgan fingerprint density at radius 2 is 1.24 bits per heavy atom. The third kappa shape index (κ3) is 15.3. The second kappa shape index (κ2) is 27.6. The molecule has 18 nitrogen and oxygen atoms in total. The van der Waals surface area contributed by atoms with Crippen LogP contribution >= 0.6 is 15.9 Å². The second-order valence-electron chi connectivity index (χ2n) is 16.8. The molecule has 5 aromatic heterocycles. The van der Waals surface area contributed by atoms with E-state index in [1.807, 2.05) is 40.3 Å². The van der Waals surface area contributed by atoms with Gasteiger partial charge in [0.25, 0.3) is 5.91 Å². The third-order valence-electron chi connectivity index (χ3n) is 11.5. The predicted molar refractivity (Wildman–Crippen MR) is 289 cm³/mol. The summed E-state index contributed by atoms with van der Waals surface area (Å²) in [5.41, 5.74) is 12.2. The molecule has 75 heavy (non-hydrogen) atoms. The quantitative estimate of drug-likeness (QED) is 0.0534. The van der Waals surface area contributed by atoms with Crippen molar-refractivity contribution in [2.45, 2.75) is 72.4 Å². The molecule has 3 aromatic carbocycles. The summed E-state index contributed by atoms with van der Waals surface area (Å²) >= 11 is 3.22. The van der Waals surface area contributed by atoms with E-state index in [4.69, 9.17) is 20.3 Å². The Balaban J connectivity index is 0.000000161. The molecule has 0 fully saturated rings. The van der Waals surface area contributed by atoms with Crippen LogP contribution in [-0.2, 0) is 32.1 Å². The Hall–Kier alpha value is -8.45. The number of rotatable bonds is 11. The van der Waals surface area contributed by atoms with Crippen LogP contribution in [0.4, 0.5) is 11.4 Å². The van der Waals surface area contributed by atoms with E-state index in [1.165, 1.54) is 0 Å². The molecule has 1 amide bonds. The summed E-state index contributed by atoms with van der Waals surface area (Å²) in [7, 11) is 0. The van der Waals surface area contributed by atoms with Gasteiger partial charge in [-0.1, -0.05) is 34.1 Å². The van der Waals surface area contributed by atoms with E-state index in [-0.39, 0.29) is 35.0 Å². The number of ketones is 2. The van der Waals surface area contributed by atoms with Gasteiger partial charge in [0.15, 0.2) is 11.6 Å². The SMILES string of the molecule is CCOC(=O)CCCBr.CCOC(=O)c1ccc2cc(C(=O)OCC)[nH]c2c1.Nc1cccnc1.O=C(Nc1cccnc1)c1ccc2cc3n(c2c1)CCCC3=O.O=C(O)c1ccc2cc3n(c2c1)CCCC3=O. The first-order chi connectivity index (χ1) is 36.2. The van der Waals surface area contributed by atoms with Crippen LogP contribution in [0.2, 0.25) is 0 Å². The van der Waals surface area contributed by atoms with Crippen LogP contribution in [0, 0.1) is 0 Å². The van der Waals surface area contributed by atoms with Crippen LogP contribution in [0.1, 0.15) is 122 Å². The molecule has 19 heteroatoms. The Bertz CT molecular complexity index is 3280. The fourth-order valence-corrected chi connectivity index (χ4v) is 8.31. The first kappa shape index (κ1) is 55.9. The fraction of sp³-hybridized carbons (Fsp3) is 0.268. The summed E-state index contributed by atoms with van der Waals surface area (Å²) in [6, 6.07) is 28.2. The fourth-order valence-electron chi connectivity index (χ4n) is 8.03. The van der Waals surface area contributed by atoms with E-state index in [1.54, 1.807) is 111 Å². The summed E-state index contributed by atoms with van der Waals surface area (Å²) in [5, 5.41) is 15.4. The number of nitrogens with zero attached hydrogens (tertiary/aromatic N) is 4. The third-order valence-corrected chi connectivity index (χ3v) is 12.1. The van der Waals surface area contributed by atoms with Gasteiger partial charge in [0.1, 0.15) is 5.69 Å². The Morgan fingerprint density at radius 1 is 0.680 bits per heavy atom. The number of aromatic nitrogens is 5. The molecule has 0 spiro atoms. The van der Waals surface area contributed by atoms with Crippen molar-refractivity contribution in [3.05, 3.63) is 156 Å². The van der Waals surface area contributed by atoms with Gasteiger partial charge in [-0.2, -0.15) is 0 Å². The molecule has 0 radical (unpaired) electrons. The number of hydrogen-bond donors (Lipinski definition) is 4. The van der Waals surface area contributed by atoms with Gasteiger partial charge >= 0.3 is 23.9 Å². The number of ether oxygens (including phenoxy) is 3. The molecule has 0 bridgehead atoms. The van der Waals surface area contributed by atoms with E-state index in [2.05, 4.69) is 40.9 Å². The number of alkyl halides is 1. The smallest absolute Gasteiger partial charge is 0.354 e. The standard InChI is InChI=1S/C18H15N3O2.C14H15NO4.C13H11NO3.C6H11BrO2.C5H6N2/c22-17-4-2-8-21-15-10-13(6-5-12(15)9-16(17)21)18(23)20-14-3-1-7-19-11-14;1-3-18-13(16)10-6-5-9-7-12(14(17)19-4-2)15-11(9)8-10;15-12-2-1-5-14-10-7-9(13(16)17)4-3-8(10)6-11(12)14;1-2-9-6(8)4-3-5-7;6-5-2-1-3-7-4-5/h1,3,5-7,9-11H,2,4,8H2,(H,20,23);5-8,15H,3-4H2,1-2H3;3-4,6-7H,1-2,5H2,(H,16,17);2-5H2,1H3;1-4H,6H2. The minimum atomic E-state index is -0.940. The number of esters is 3. The monoisotopic (exact) mass is 1080 g/mol. The summed E-state index contributed by atoms with van der Waals surface area (Å²) in [4.78, 5) is 91.5. The maximum absolute atomic E-state index is 12.4. The number of carbonyl (C=O) groups is 7. The number of nitrogens with one attached hydrogen (secondary N) is 2. The molecule has 7 heterocycles. The lowest BCUT2D eigenvalue weighted by atomic mass is 10.1. The zero-order chi connectivity index (χ0) is 53.9. The molecule has 2 aliphatic rings. The molecule has 0 saturated carbocycles. The van der Waals surface area contributed by atoms with Gasteiger partial charge < -0.3 is 44.5 Å². The number of nitrogen functional groups attached to an aromatic ring is 1. The van der Waals surface area contributed by atoms with E-state index >= 15 is 0 Å². The molecule has 0 unspecified atom stereocenters. The number of aryl methyl sites for hydroxylation is 2. The number of amides is 1. The molecule has 0 atom stereocenters. The van der Waals surface area contributed by atoms with Gasteiger partial charge in [0.2, 0.25) is 0 Å². The second-order valence-corrected chi connectivity index (χ2v) is 17.6. The average molecular weight is 1090 g/mol. The first-order valence-corrected chi connectivity index (χ1v) is 25.5. The van der Waals surface area contributed by atoms with E-state index < -0.39 is 11.9 Å².